The highest BCUT2D eigenvalue weighted by Gasteiger charge is 2.20. The van der Waals surface area contributed by atoms with Gasteiger partial charge in [0, 0.05) is 66.3 Å². The average Bonchev–Trinajstić information content (AvgIpc) is 3.98. The summed E-state index contributed by atoms with van der Waals surface area (Å²) in [4.78, 5) is 10.2. The number of para-hydroxylation sites is 4. The summed E-state index contributed by atoms with van der Waals surface area (Å²) < 4.78 is 11.4. The van der Waals surface area contributed by atoms with Crippen LogP contribution in [0.3, 0.4) is 0 Å². The number of aromatic nitrogens is 4. The molecule has 0 bridgehead atoms. The number of hydrogen-bond acceptors (Lipinski definition) is 3. The molecule has 13 aromatic rings. The van der Waals surface area contributed by atoms with E-state index in [0.717, 1.165) is 72.1 Å². The average molecular weight is 779 g/mol. The van der Waals surface area contributed by atoms with Crippen LogP contribution in [0, 0.1) is 0 Å². The lowest BCUT2D eigenvalue weighted by molar-refractivity contribution is 0.668. The summed E-state index contributed by atoms with van der Waals surface area (Å²) in [6.45, 7) is 0. The van der Waals surface area contributed by atoms with Crippen molar-refractivity contribution in [2.75, 3.05) is 0 Å². The Bertz CT molecular complexity index is 3880. The van der Waals surface area contributed by atoms with Crippen LogP contribution in [0.25, 0.3) is 122 Å². The topological polar surface area (TPSA) is 48.8 Å². The molecule has 5 heteroatoms. The molecular formula is C56H34N4O. The quantitative estimate of drug-likeness (QED) is 0.175. The van der Waals surface area contributed by atoms with E-state index in [9.17, 15) is 0 Å². The molecule has 9 aromatic carbocycles. The van der Waals surface area contributed by atoms with Gasteiger partial charge in [0.1, 0.15) is 11.2 Å². The molecule has 0 spiro atoms. The Morgan fingerprint density at radius 3 is 1.64 bits per heavy atom. The fourth-order valence-electron chi connectivity index (χ4n) is 9.59. The van der Waals surface area contributed by atoms with Gasteiger partial charge < -0.3 is 13.6 Å². The molecule has 0 aliphatic rings. The number of benzene rings is 9. The molecule has 0 N–H and O–H groups in total. The predicted octanol–water partition coefficient (Wildman–Crippen LogP) is 14.7. The molecular weight excluding hydrogens is 745 g/mol. The summed E-state index contributed by atoms with van der Waals surface area (Å²) in [5.74, 6) is 0.701. The van der Waals surface area contributed by atoms with Gasteiger partial charge >= 0.3 is 0 Å². The zero-order chi connectivity index (χ0) is 40.0. The molecule has 0 unspecified atom stereocenters. The van der Waals surface area contributed by atoms with Gasteiger partial charge in [-0.2, -0.15) is 0 Å². The third-order valence-corrected chi connectivity index (χ3v) is 12.3. The standard InChI is InChI=1S/C56H34N4O/c1-3-14-35(15-4-1)56-57-47-22-10-7-20-42(47)55(58-56)44-21-13-25-52-54(44)43-29-28-39(34-53(43)61-52)60-49-24-12-9-19-41(49)46-33-37(27-31-51(46)60)36-26-30-50-45(32-36)40-18-8-11-23-48(40)59(50)38-16-5-2-6-17-38/h1-34H. The predicted molar refractivity (Wildman–Crippen MR) is 252 cm³/mol. The van der Waals surface area contributed by atoms with E-state index in [4.69, 9.17) is 14.4 Å². The summed E-state index contributed by atoms with van der Waals surface area (Å²) in [5.41, 5.74) is 14.7. The van der Waals surface area contributed by atoms with Gasteiger partial charge in [-0.05, 0) is 83.9 Å². The molecule has 5 nitrogen and oxygen atoms in total. The monoisotopic (exact) mass is 778 g/mol. The third kappa shape index (κ3) is 5.14. The molecule has 0 saturated heterocycles. The zero-order valence-corrected chi connectivity index (χ0v) is 32.8. The Hall–Kier alpha value is -8.28. The van der Waals surface area contributed by atoms with Crippen molar-refractivity contribution in [3.05, 3.63) is 206 Å². The second kappa shape index (κ2) is 13.1. The minimum absolute atomic E-state index is 0.701. The molecule has 61 heavy (non-hydrogen) atoms. The lowest BCUT2D eigenvalue weighted by atomic mass is 10.00. The van der Waals surface area contributed by atoms with Crippen molar-refractivity contribution < 1.29 is 4.42 Å². The van der Waals surface area contributed by atoms with Crippen molar-refractivity contribution in [2.24, 2.45) is 0 Å². The first-order valence-corrected chi connectivity index (χ1v) is 20.7. The van der Waals surface area contributed by atoms with E-state index >= 15 is 0 Å². The molecule has 4 aromatic heterocycles. The number of rotatable bonds is 5. The Kier molecular flexibility index (Phi) is 7.24. The normalized spacial score (nSPS) is 11.9. The highest BCUT2D eigenvalue weighted by molar-refractivity contribution is 6.16. The van der Waals surface area contributed by atoms with Gasteiger partial charge in [0.25, 0.3) is 0 Å². The zero-order valence-electron chi connectivity index (χ0n) is 32.8. The van der Waals surface area contributed by atoms with Crippen LogP contribution in [0.2, 0.25) is 0 Å². The van der Waals surface area contributed by atoms with Crippen LogP contribution in [0.1, 0.15) is 0 Å². The molecule has 284 valence electrons. The minimum atomic E-state index is 0.701. The van der Waals surface area contributed by atoms with Crippen molar-refractivity contribution in [1.29, 1.82) is 0 Å². The van der Waals surface area contributed by atoms with E-state index in [1.54, 1.807) is 0 Å². The lowest BCUT2D eigenvalue weighted by Crippen LogP contribution is -1.95. The van der Waals surface area contributed by atoms with Gasteiger partial charge in [-0.25, -0.2) is 9.97 Å². The summed E-state index contributed by atoms with van der Waals surface area (Å²) in [6, 6.07) is 73.1. The van der Waals surface area contributed by atoms with Crippen LogP contribution in [0.4, 0.5) is 0 Å². The second-order valence-corrected chi connectivity index (χ2v) is 15.7. The lowest BCUT2D eigenvalue weighted by Gasteiger charge is -2.11. The molecule has 4 heterocycles. The van der Waals surface area contributed by atoms with E-state index in [1.165, 1.54) is 43.7 Å². The van der Waals surface area contributed by atoms with Crippen LogP contribution < -0.4 is 0 Å². The van der Waals surface area contributed by atoms with E-state index in [2.05, 4.69) is 191 Å². The van der Waals surface area contributed by atoms with Crippen LogP contribution in [0.5, 0.6) is 0 Å². The van der Waals surface area contributed by atoms with Crippen LogP contribution in [-0.4, -0.2) is 19.1 Å². The van der Waals surface area contributed by atoms with E-state index < -0.39 is 0 Å². The summed E-state index contributed by atoms with van der Waals surface area (Å²) in [5, 5.41) is 7.99. The van der Waals surface area contributed by atoms with E-state index in [1.807, 2.05) is 24.3 Å². The van der Waals surface area contributed by atoms with Gasteiger partial charge in [-0.3, -0.25) is 0 Å². The maximum absolute atomic E-state index is 6.72. The highest BCUT2D eigenvalue weighted by atomic mass is 16.3. The van der Waals surface area contributed by atoms with E-state index in [0.29, 0.717) is 5.82 Å². The van der Waals surface area contributed by atoms with Gasteiger partial charge in [-0.1, -0.05) is 127 Å². The summed E-state index contributed by atoms with van der Waals surface area (Å²) in [7, 11) is 0. The molecule has 0 aliphatic carbocycles. The Labute approximate surface area is 350 Å². The van der Waals surface area contributed by atoms with Gasteiger partial charge in [0.2, 0.25) is 0 Å². The fraction of sp³-hybridized carbons (Fsp3) is 0. The summed E-state index contributed by atoms with van der Waals surface area (Å²) in [6.07, 6.45) is 0. The van der Waals surface area contributed by atoms with Crippen LogP contribution in [-0.2, 0) is 0 Å². The first kappa shape index (κ1) is 33.7. The number of furan rings is 1. The van der Waals surface area contributed by atoms with Crippen molar-refractivity contribution in [3.63, 3.8) is 0 Å². The highest BCUT2D eigenvalue weighted by Crippen LogP contribution is 2.42. The molecule has 0 fully saturated rings. The van der Waals surface area contributed by atoms with Crippen molar-refractivity contribution in [1.82, 2.24) is 19.1 Å². The van der Waals surface area contributed by atoms with E-state index in [-0.39, 0.29) is 0 Å². The molecule has 0 radical (unpaired) electrons. The van der Waals surface area contributed by atoms with Gasteiger partial charge in [0.15, 0.2) is 5.82 Å². The van der Waals surface area contributed by atoms with Gasteiger partial charge in [0.05, 0.1) is 33.3 Å². The largest absolute Gasteiger partial charge is 0.456 e. The Balaban J connectivity index is 0.956. The molecule has 0 atom stereocenters. The van der Waals surface area contributed by atoms with Crippen molar-refractivity contribution in [3.8, 4) is 45.1 Å². The summed E-state index contributed by atoms with van der Waals surface area (Å²) >= 11 is 0. The Morgan fingerprint density at radius 2 is 0.934 bits per heavy atom. The van der Waals surface area contributed by atoms with Crippen molar-refractivity contribution >= 4 is 76.5 Å². The molecule has 13 rings (SSSR count). The fourth-order valence-corrected chi connectivity index (χ4v) is 9.59. The first-order chi connectivity index (χ1) is 30.2. The Morgan fingerprint density at radius 1 is 0.344 bits per heavy atom. The maximum atomic E-state index is 6.72. The van der Waals surface area contributed by atoms with Crippen LogP contribution in [0.15, 0.2) is 211 Å². The van der Waals surface area contributed by atoms with Gasteiger partial charge in [-0.15, -0.1) is 0 Å². The van der Waals surface area contributed by atoms with Crippen LogP contribution >= 0.6 is 0 Å². The minimum Gasteiger partial charge on any atom is -0.456 e. The molecule has 0 aliphatic heterocycles. The van der Waals surface area contributed by atoms with Crippen molar-refractivity contribution in [2.45, 2.75) is 0 Å². The first-order valence-electron chi connectivity index (χ1n) is 20.7. The number of fused-ring (bicyclic) bond motifs is 10. The smallest absolute Gasteiger partial charge is 0.160 e. The number of hydrogen-bond donors (Lipinski definition) is 0. The maximum Gasteiger partial charge on any atom is 0.160 e. The molecule has 0 amide bonds. The molecule has 0 saturated carbocycles. The SMILES string of the molecule is c1ccc(-c2nc(-c3cccc4oc5cc(-n6c7ccccc7c7cc(-c8ccc9c(c8)c8ccccc8n9-c8ccccc8)ccc76)ccc5c34)c3ccccc3n2)cc1. The third-order valence-electron chi connectivity index (χ3n) is 12.3. The second-order valence-electron chi connectivity index (χ2n) is 15.7. The number of nitrogens with zero attached hydrogens (tertiary/aromatic N) is 4.